The second kappa shape index (κ2) is 9.04. The summed E-state index contributed by atoms with van der Waals surface area (Å²) in [5, 5.41) is 2.78. The quantitative estimate of drug-likeness (QED) is 0.578. The number of amides is 2. The zero-order valence-corrected chi connectivity index (χ0v) is 14.3. The van der Waals surface area contributed by atoms with E-state index >= 15 is 0 Å². The average molecular weight is 322 g/mol. The average Bonchev–Trinajstić information content (AvgIpc) is 2.61. The normalized spacial score (nSPS) is 21.4. The lowest BCUT2D eigenvalue weighted by atomic mass is 9.89. The van der Waals surface area contributed by atoms with Gasteiger partial charge in [0.05, 0.1) is 6.04 Å². The molecule has 0 spiro atoms. The van der Waals surface area contributed by atoms with E-state index in [1.54, 1.807) is 11.8 Å². The molecule has 1 atom stereocenters. The van der Waals surface area contributed by atoms with Crippen molar-refractivity contribution in [2.75, 3.05) is 6.54 Å². The molecular formula is C18H30N2O3. The molecule has 130 valence electrons. The minimum Gasteiger partial charge on any atom is -0.349 e. The highest BCUT2D eigenvalue weighted by Crippen LogP contribution is 2.24. The van der Waals surface area contributed by atoms with Crippen LogP contribution in [0.15, 0.2) is 0 Å². The fourth-order valence-corrected chi connectivity index (χ4v) is 3.91. The van der Waals surface area contributed by atoms with E-state index in [1.165, 1.54) is 25.7 Å². The minimum absolute atomic E-state index is 0.103. The van der Waals surface area contributed by atoms with E-state index in [1.807, 2.05) is 0 Å². The summed E-state index contributed by atoms with van der Waals surface area (Å²) in [7, 11) is 0. The lowest BCUT2D eigenvalue weighted by Crippen LogP contribution is -2.50. The molecular weight excluding hydrogens is 292 g/mol. The van der Waals surface area contributed by atoms with E-state index < -0.39 is 17.7 Å². The number of nitrogens with one attached hydrogen (secondary N) is 1. The van der Waals surface area contributed by atoms with Crippen molar-refractivity contribution in [1.82, 2.24) is 10.2 Å². The van der Waals surface area contributed by atoms with Crippen molar-refractivity contribution in [3.8, 4) is 0 Å². The van der Waals surface area contributed by atoms with Crippen LogP contribution in [0.25, 0.3) is 0 Å². The summed E-state index contributed by atoms with van der Waals surface area (Å²) < 4.78 is 0. The number of rotatable bonds is 7. The van der Waals surface area contributed by atoms with Crippen molar-refractivity contribution >= 4 is 18.1 Å². The summed E-state index contributed by atoms with van der Waals surface area (Å²) in [5.41, 5.74) is 0. The molecule has 2 aliphatic rings. The molecule has 2 aliphatic carbocycles. The molecule has 0 bridgehead atoms. The van der Waals surface area contributed by atoms with Gasteiger partial charge in [0.25, 0.3) is 5.91 Å². The first-order valence-electron chi connectivity index (χ1n) is 9.18. The molecule has 23 heavy (non-hydrogen) atoms. The Kier molecular flexibility index (Phi) is 7.06. The summed E-state index contributed by atoms with van der Waals surface area (Å²) >= 11 is 0. The third-order valence-electron chi connectivity index (χ3n) is 5.44. The zero-order valence-electron chi connectivity index (χ0n) is 14.3. The molecule has 0 aromatic carbocycles. The Morgan fingerprint density at radius 2 is 1.61 bits per heavy atom. The standard InChI is InChI=1S/C18H30N2O3/c1-14(20(13-21)16-10-6-3-7-11-16)17(22)18(23)19-12-15-8-4-2-5-9-15/h13-16H,2-12H2,1H3,(H,19,23). The Labute approximate surface area is 139 Å². The third kappa shape index (κ3) is 5.05. The molecule has 0 radical (unpaired) electrons. The van der Waals surface area contributed by atoms with Gasteiger partial charge in [0.15, 0.2) is 0 Å². The van der Waals surface area contributed by atoms with E-state index in [0.717, 1.165) is 44.9 Å². The van der Waals surface area contributed by atoms with Crippen LogP contribution >= 0.6 is 0 Å². The van der Waals surface area contributed by atoms with Crippen molar-refractivity contribution in [3.05, 3.63) is 0 Å². The van der Waals surface area contributed by atoms with Gasteiger partial charge in [-0.3, -0.25) is 14.4 Å². The summed E-state index contributed by atoms with van der Waals surface area (Å²) in [6, 6.07) is -0.562. The second-order valence-electron chi connectivity index (χ2n) is 7.10. The monoisotopic (exact) mass is 322 g/mol. The van der Waals surface area contributed by atoms with Gasteiger partial charge in [-0.15, -0.1) is 0 Å². The van der Waals surface area contributed by atoms with Crippen LogP contribution in [0.3, 0.4) is 0 Å². The molecule has 5 heteroatoms. The fraction of sp³-hybridized carbons (Fsp3) is 0.833. The maximum absolute atomic E-state index is 12.3. The number of nitrogens with zero attached hydrogens (tertiary/aromatic N) is 1. The molecule has 0 saturated heterocycles. The summed E-state index contributed by atoms with van der Waals surface area (Å²) in [6.07, 6.45) is 11.9. The first-order valence-corrected chi connectivity index (χ1v) is 9.18. The number of carbonyl (C=O) groups is 3. The van der Waals surface area contributed by atoms with E-state index in [4.69, 9.17) is 0 Å². The molecule has 0 aromatic heterocycles. The fourth-order valence-electron chi connectivity index (χ4n) is 3.91. The Morgan fingerprint density at radius 1 is 1.04 bits per heavy atom. The molecule has 0 heterocycles. The van der Waals surface area contributed by atoms with Crippen LogP contribution in [-0.2, 0) is 14.4 Å². The van der Waals surface area contributed by atoms with Gasteiger partial charge >= 0.3 is 0 Å². The van der Waals surface area contributed by atoms with Gasteiger partial charge in [-0.25, -0.2) is 0 Å². The van der Waals surface area contributed by atoms with Crippen LogP contribution in [0.1, 0.15) is 71.1 Å². The zero-order chi connectivity index (χ0) is 16.7. The SMILES string of the molecule is CC(C(=O)C(=O)NCC1CCCCC1)N(C=O)C1CCCCC1. The van der Waals surface area contributed by atoms with E-state index in [9.17, 15) is 14.4 Å². The second-order valence-corrected chi connectivity index (χ2v) is 7.10. The van der Waals surface area contributed by atoms with Crippen LogP contribution in [0.5, 0.6) is 0 Å². The van der Waals surface area contributed by atoms with E-state index in [-0.39, 0.29) is 6.04 Å². The van der Waals surface area contributed by atoms with Gasteiger partial charge in [-0.05, 0) is 38.5 Å². The number of hydrogen-bond donors (Lipinski definition) is 1. The first-order chi connectivity index (χ1) is 11.1. The highest BCUT2D eigenvalue weighted by atomic mass is 16.2. The van der Waals surface area contributed by atoms with Crippen LogP contribution in [0, 0.1) is 5.92 Å². The first kappa shape index (κ1) is 18.0. The number of Topliss-reactive ketones (excluding diaryl/α,β-unsaturated/α-hetero) is 1. The van der Waals surface area contributed by atoms with Crippen molar-refractivity contribution < 1.29 is 14.4 Å². The highest BCUT2D eigenvalue weighted by Gasteiger charge is 2.31. The number of carbonyl (C=O) groups excluding carboxylic acids is 3. The molecule has 5 nitrogen and oxygen atoms in total. The Hall–Kier alpha value is -1.39. The van der Waals surface area contributed by atoms with Crippen molar-refractivity contribution in [2.24, 2.45) is 5.92 Å². The molecule has 2 amide bonds. The predicted molar refractivity (Wildman–Crippen MR) is 88.8 cm³/mol. The maximum atomic E-state index is 12.3. The highest BCUT2D eigenvalue weighted by molar-refractivity contribution is 6.38. The summed E-state index contributed by atoms with van der Waals surface area (Å²) in [4.78, 5) is 37.5. The Morgan fingerprint density at radius 3 is 2.17 bits per heavy atom. The maximum Gasteiger partial charge on any atom is 0.289 e. The van der Waals surface area contributed by atoms with Gasteiger partial charge in [-0.1, -0.05) is 38.5 Å². The molecule has 2 fully saturated rings. The molecule has 1 N–H and O–H groups in total. The van der Waals surface area contributed by atoms with Gasteiger partial charge in [0, 0.05) is 12.6 Å². The van der Waals surface area contributed by atoms with Crippen molar-refractivity contribution in [1.29, 1.82) is 0 Å². The van der Waals surface area contributed by atoms with Gasteiger partial charge in [-0.2, -0.15) is 0 Å². The van der Waals surface area contributed by atoms with Gasteiger partial charge in [0.2, 0.25) is 12.2 Å². The molecule has 1 unspecified atom stereocenters. The molecule has 2 saturated carbocycles. The van der Waals surface area contributed by atoms with Crippen LogP contribution in [-0.4, -0.2) is 41.6 Å². The largest absolute Gasteiger partial charge is 0.349 e. The summed E-state index contributed by atoms with van der Waals surface area (Å²) in [6.45, 7) is 2.26. The van der Waals surface area contributed by atoms with Crippen LogP contribution in [0.2, 0.25) is 0 Å². The van der Waals surface area contributed by atoms with Crippen molar-refractivity contribution in [3.63, 3.8) is 0 Å². The number of ketones is 1. The van der Waals surface area contributed by atoms with Crippen molar-refractivity contribution in [2.45, 2.75) is 83.2 Å². The summed E-state index contributed by atoms with van der Waals surface area (Å²) in [5.74, 6) is -0.527. The topological polar surface area (TPSA) is 66.5 Å². The predicted octanol–water partition coefficient (Wildman–Crippen LogP) is 2.43. The number of hydrogen-bond acceptors (Lipinski definition) is 3. The van der Waals surface area contributed by atoms with E-state index in [2.05, 4.69) is 5.32 Å². The Balaban J connectivity index is 1.83. The lowest BCUT2D eigenvalue weighted by Gasteiger charge is -2.34. The molecule has 0 aromatic rings. The Bertz CT molecular complexity index is 412. The lowest BCUT2D eigenvalue weighted by molar-refractivity contribution is -0.143. The van der Waals surface area contributed by atoms with Crippen LogP contribution in [0.4, 0.5) is 0 Å². The smallest absolute Gasteiger partial charge is 0.289 e. The molecule has 2 rings (SSSR count). The minimum atomic E-state index is -0.665. The van der Waals surface area contributed by atoms with Crippen LogP contribution < -0.4 is 5.32 Å². The molecule has 0 aliphatic heterocycles. The van der Waals surface area contributed by atoms with E-state index in [0.29, 0.717) is 12.5 Å². The van der Waals surface area contributed by atoms with Gasteiger partial charge in [0.1, 0.15) is 0 Å². The van der Waals surface area contributed by atoms with Gasteiger partial charge < -0.3 is 10.2 Å². The third-order valence-corrected chi connectivity index (χ3v) is 5.44.